The molecule has 0 fully saturated rings. The van der Waals surface area contributed by atoms with Crippen LogP contribution in [-0.4, -0.2) is 34.2 Å². The van der Waals surface area contributed by atoms with Crippen molar-refractivity contribution in [2.45, 2.75) is 31.7 Å². The highest BCUT2D eigenvalue weighted by Crippen LogP contribution is 2.16. The van der Waals surface area contributed by atoms with E-state index in [4.69, 9.17) is 12.2 Å². The Morgan fingerprint density at radius 1 is 1.59 bits per heavy atom. The molecule has 1 aromatic heterocycles. The summed E-state index contributed by atoms with van der Waals surface area (Å²) in [5.74, 6) is 0. The molecule has 96 valence electrons. The lowest BCUT2D eigenvalue weighted by molar-refractivity contribution is 0.472. The molecule has 0 aliphatic heterocycles. The molecule has 0 bridgehead atoms. The number of nitrogens with zero attached hydrogens (tertiary/aromatic N) is 3. The van der Waals surface area contributed by atoms with Crippen LogP contribution in [-0.2, 0) is 10.0 Å². The van der Waals surface area contributed by atoms with Gasteiger partial charge in [0.25, 0.3) is 0 Å². The zero-order chi connectivity index (χ0) is 13.3. The number of tetrazole rings is 1. The smallest absolute Gasteiger partial charge is 0.218 e. The molecular formula is C8H15N5O2S2. The highest BCUT2D eigenvalue weighted by Gasteiger charge is 2.29. The van der Waals surface area contributed by atoms with Crippen molar-refractivity contribution < 1.29 is 8.42 Å². The van der Waals surface area contributed by atoms with E-state index in [1.54, 1.807) is 20.8 Å². The summed E-state index contributed by atoms with van der Waals surface area (Å²) in [6, 6.07) is 0. The van der Waals surface area contributed by atoms with Crippen LogP contribution >= 0.6 is 12.2 Å². The van der Waals surface area contributed by atoms with Gasteiger partial charge in [-0.15, -0.1) is 0 Å². The summed E-state index contributed by atoms with van der Waals surface area (Å²) in [4.78, 5) is 0. The summed E-state index contributed by atoms with van der Waals surface area (Å²) in [5.41, 5.74) is -0.588. The van der Waals surface area contributed by atoms with E-state index in [2.05, 4.69) is 26.8 Å². The maximum atomic E-state index is 12.1. The van der Waals surface area contributed by atoms with Crippen LogP contribution in [0.5, 0.6) is 0 Å². The second-order valence-electron chi connectivity index (χ2n) is 4.48. The van der Waals surface area contributed by atoms with Crippen LogP contribution in [0.4, 0.5) is 0 Å². The number of H-pyrrole nitrogens is 1. The first kappa shape index (κ1) is 14.0. The Morgan fingerprint density at radius 3 is 2.53 bits per heavy atom. The summed E-state index contributed by atoms with van der Waals surface area (Å²) in [7, 11) is -3.66. The molecule has 1 atom stereocenters. The van der Waals surface area contributed by atoms with Gasteiger partial charge in [0.05, 0.1) is 0 Å². The van der Waals surface area contributed by atoms with Gasteiger partial charge in [-0.25, -0.2) is 17.8 Å². The van der Waals surface area contributed by atoms with E-state index in [1.165, 1.54) is 6.08 Å². The Morgan fingerprint density at radius 2 is 2.18 bits per heavy atom. The molecule has 0 amide bonds. The number of rotatable bonds is 4. The quantitative estimate of drug-likeness (QED) is 0.625. The van der Waals surface area contributed by atoms with Crippen molar-refractivity contribution in [1.82, 2.24) is 24.9 Å². The summed E-state index contributed by atoms with van der Waals surface area (Å²) >= 11 is 4.86. The summed E-state index contributed by atoms with van der Waals surface area (Å²) in [6.07, 6.45) is 1.25. The zero-order valence-corrected chi connectivity index (χ0v) is 11.5. The van der Waals surface area contributed by atoms with Gasteiger partial charge in [0.15, 0.2) is 5.37 Å². The highest BCUT2D eigenvalue weighted by atomic mass is 32.2. The molecule has 1 rings (SSSR count). The van der Waals surface area contributed by atoms with Crippen molar-refractivity contribution in [3.8, 4) is 0 Å². The lowest BCUT2D eigenvalue weighted by Gasteiger charge is -2.23. The molecule has 1 aromatic rings. The first-order valence-corrected chi connectivity index (χ1v) is 6.78. The molecule has 9 heteroatoms. The molecule has 7 nitrogen and oxygen atoms in total. The second kappa shape index (κ2) is 4.67. The first-order valence-electron chi connectivity index (χ1n) is 4.82. The van der Waals surface area contributed by atoms with Gasteiger partial charge in [-0.2, -0.15) is 5.21 Å². The zero-order valence-electron chi connectivity index (χ0n) is 9.84. The van der Waals surface area contributed by atoms with E-state index in [9.17, 15) is 8.42 Å². The summed E-state index contributed by atoms with van der Waals surface area (Å²) < 4.78 is 27.9. The molecule has 0 radical (unpaired) electrons. The molecule has 2 N–H and O–H groups in total. The van der Waals surface area contributed by atoms with Crippen LogP contribution in [0.2, 0.25) is 0 Å². The van der Waals surface area contributed by atoms with Gasteiger partial charge in [-0.1, -0.05) is 23.0 Å². The Balaban J connectivity index is 3.17. The van der Waals surface area contributed by atoms with E-state index in [0.29, 0.717) is 0 Å². The fraction of sp³-hybridized carbons (Fsp3) is 0.625. The summed E-state index contributed by atoms with van der Waals surface area (Å²) in [5, 5.41) is 8.32. The van der Waals surface area contributed by atoms with Crippen LogP contribution in [0.3, 0.4) is 0 Å². The van der Waals surface area contributed by atoms with Crippen LogP contribution in [0.25, 0.3) is 0 Å². The maximum absolute atomic E-state index is 12.1. The Kier molecular flexibility index (Phi) is 3.84. The number of hydrogen-bond acceptors (Lipinski definition) is 5. The van der Waals surface area contributed by atoms with E-state index in [0.717, 1.165) is 4.68 Å². The van der Waals surface area contributed by atoms with Crippen molar-refractivity contribution >= 4 is 22.2 Å². The van der Waals surface area contributed by atoms with E-state index < -0.39 is 20.9 Å². The minimum Gasteiger partial charge on any atom is -0.218 e. The lowest BCUT2D eigenvalue weighted by atomic mass is 10.1. The first-order chi connectivity index (χ1) is 7.67. The molecule has 0 aromatic carbocycles. The number of aromatic nitrogens is 4. The highest BCUT2D eigenvalue weighted by molar-refractivity contribution is 7.89. The van der Waals surface area contributed by atoms with Crippen LogP contribution in [0.1, 0.15) is 26.1 Å². The average molecular weight is 277 g/mol. The Bertz CT molecular complexity index is 551. The van der Waals surface area contributed by atoms with Crippen molar-refractivity contribution in [3.05, 3.63) is 17.4 Å². The molecule has 1 unspecified atom stereocenters. The second-order valence-corrected chi connectivity index (χ2v) is 6.62. The molecule has 0 aliphatic carbocycles. The van der Waals surface area contributed by atoms with Crippen LogP contribution in [0.15, 0.2) is 12.7 Å². The fourth-order valence-electron chi connectivity index (χ4n) is 1.23. The normalized spacial score (nSPS) is 14.5. The largest absolute Gasteiger partial charge is 0.239 e. The Hall–Kier alpha value is -1.06. The van der Waals surface area contributed by atoms with Gasteiger partial charge in [-0.3, -0.25) is 0 Å². The van der Waals surface area contributed by atoms with E-state index in [1.807, 2.05) is 0 Å². The fourth-order valence-corrected chi connectivity index (χ4v) is 3.14. The standard InChI is InChI=1S/C8H15N5O2S2/c1-5-6(13-7(16)9-11-12-13)17(14,15)10-8(2,3)4/h5-6,10H,1H2,2-4H3,(H,9,12,16). The van der Waals surface area contributed by atoms with Crippen molar-refractivity contribution in [3.63, 3.8) is 0 Å². The molecule has 0 spiro atoms. The predicted molar refractivity (Wildman–Crippen MR) is 66.2 cm³/mol. The van der Waals surface area contributed by atoms with Gasteiger partial charge in [0, 0.05) is 5.54 Å². The van der Waals surface area contributed by atoms with Crippen molar-refractivity contribution in [1.29, 1.82) is 0 Å². The number of aromatic amines is 1. The van der Waals surface area contributed by atoms with Gasteiger partial charge in [-0.05, 0) is 33.0 Å². The van der Waals surface area contributed by atoms with Gasteiger partial charge < -0.3 is 0 Å². The molecule has 0 saturated heterocycles. The predicted octanol–water partition coefficient (Wildman–Crippen LogP) is 0.738. The summed E-state index contributed by atoms with van der Waals surface area (Å²) in [6.45, 7) is 8.73. The molecule has 0 saturated carbocycles. The molecule has 1 heterocycles. The number of nitrogens with one attached hydrogen (secondary N) is 2. The number of sulfonamides is 1. The van der Waals surface area contributed by atoms with E-state index in [-0.39, 0.29) is 4.77 Å². The van der Waals surface area contributed by atoms with E-state index >= 15 is 0 Å². The molecule has 17 heavy (non-hydrogen) atoms. The van der Waals surface area contributed by atoms with Crippen LogP contribution < -0.4 is 4.72 Å². The average Bonchev–Trinajstić information content (AvgIpc) is 2.48. The van der Waals surface area contributed by atoms with Gasteiger partial charge >= 0.3 is 0 Å². The van der Waals surface area contributed by atoms with Crippen LogP contribution in [0, 0.1) is 4.77 Å². The molecule has 0 aliphatic rings. The SMILES string of the molecule is C=CC(n1[nH]nnc1=S)S(=O)(=O)NC(C)(C)C. The van der Waals surface area contributed by atoms with Crippen molar-refractivity contribution in [2.24, 2.45) is 0 Å². The third kappa shape index (κ3) is 3.45. The number of hydrogen-bond donors (Lipinski definition) is 2. The third-order valence-corrected chi connectivity index (χ3v) is 3.93. The van der Waals surface area contributed by atoms with Crippen molar-refractivity contribution in [2.75, 3.05) is 0 Å². The lowest BCUT2D eigenvalue weighted by Crippen LogP contribution is -2.43. The molecular weight excluding hydrogens is 262 g/mol. The Labute approximate surface area is 105 Å². The topological polar surface area (TPSA) is 92.7 Å². The van der Waals surface area contributed by atoms with Gasteiger partial charge in [0.2, 0.25) is 14.8 Å². The minimum atomic E-state index is -3.66. The minimum absolute atomic E-state index is 0.0502. The van der Waals surface area contributed by atoms with Gasteiger partial charge in [0.1, 0.15) is 0 Å². The third-order valence-electron chi connectivity index (χ3n) is 1.72. The monoisotopic (exact) mass is 277 g/mol. The maximum Gasteiger partial charge on any atom is 0.239 e.